The lowest BCUT2D eigenvalue weighted by Crippen LogP contribution is -1.98. The van der Waals surface area contributed by atoms with E-state index in [-0.39, 0.29) is 0 Å². The third-order valence-electron chi connectivity index (χ3n) is 7.42. The second-order valence-corrected chi connectivity index (χ2v) is 11.1. The van der Waals surface area contributed by atoms with Gasteiger partial charge in [-0.1, -0.05) is 178 Å². The Morgan fingerprint density at radius 3 is 1.65 bits per heavy atom. The molecule has 208 valence electrons. The fraction of sp³-hybridized carbons (Fsp3) is 0.300. The van der Waals surface area contributed by atoms with E-state index in [0.717, 1.165) is 19.3 Å². The van der Waals surface area contributed by atoms with Crippen LogP contribution in [-0.2, 0) is 12.8 Å². The molecule has 0 spiro atoms. The Labute approximate surface area is 244 Å². The zero-order valence-corrected chi connectivity index (χ0v) is 24.9. The average Bonchev–Trinajstić information content (AvgIpc) is 2.99. The first kappa shape index (κ1) is 30.9. The van der Waals surface area contributed by atoms with E-state index in [4.69, 9.17) is 0 Å². The van der Waals surface area contributed by atoms with Crippen molar-refractivity contribution >= 4 is 0 Å². The molecule has 0 saturated carbocycles. The van der Waals surface area contributed by atoms with Gasteiger partial charge in [-0.05, 0) is 60.8 Å². The highest BCUT2D eigenvalue weighted by atomic mass is 14.1. The molecule has 0 nitrogen and oxygen atoms in total. The molecule has 4 aromatic rings. The molecule has 0 aliphatic heterocycles. The molecule has 40 heavy (non-hydrogen) atoms. The van der Waals surface area contributed by atoms with Gasteiger partial charge in [-0.15, -0.1) is 0 Å². The number of hydrogen-bond donors (Lipinski definition) is 0. The number of rotatable bonds is 13. The third kappa shape index (κ3) is 11.6. The molecule has 2 unspecified atom stereocenters. The molecule has 0 N–H and O–H groups in total. The van der Waals surface area contributed by atoms with Gasteiger partial charge in [0.25, 0.3) is 0 Å². The molecule has 0 aromatic heterocycles. The number of hydrogen-bond acceptors (Lipinski definition) is 0. The number of allylic oxidation sites excluding steroid dienone is 3. The van der Waals surface area contributed by atoms with Crippen LogP contribution in [0, 0.1) is 0 Å². The molecular formula is C40H48. The predicted molar refractivity (Wildman–Crippen MR) is 176 cm³/mol. The normalized spacial score (nSPS) is 12.6. The van der Waals surface area contributed by atoms with Gasteiger partial charge in [0.15, 0.2) is 0 Å². The second kappa shape index (κ2) is 17.9. The highest BCUT2D eigenvalue weighted by molar-refractivity contribution is 5.28. The molecule has 0 aliphatic carbocycles. The van der Waals surface area contributed by atoms with Gasteiger partial charge in [0.2, 0.25) is 0 Å². The lowest BCUT2D eigenvalue weighted by molar-refractivity contribution is 0.626. The second-order valence-electron chi connectivity index (χ2n) is 11.1. The van der Waals surface area contributed by atoms with Crippen molar-refractivity contribution in [2.45, 2.75) is 77.6 Å². The summed E-state index contributed by atoms with van der Waals surface area (Å²) in [6.07, 6.45) is 10.8. The zero-order valence-electron chi connectivity index (χ0n) is 24.9. The maximum Gasteiger partial charge on any atom is 0.00206 e. The highest BCUT2D eigenvalue weighted by Crippen LogP contribution is 2.26. The molecule has 0 heterocycles. The Kier molecular flexibility index (Phi) is 13.8. The summed E-state index contributed by atoms with van der Waals surface area (Å²) in [4.78, 5) is 0. The Balaban J connectivity index is 0.000000225. The van der Waals surface area contributed by atoms with Gasteiger partial charge in [-0.2, -0.15) is 0 Å². The zero-order chi connectivity index (χ0) is 28.4. The van der Waals surface area contributed by atoms with Crippen molar-refractivity contribution in [3.8, 4) is 0 Å². The largest absolute Gasteiger partial charge is 0.0995 e. The maximum absolute atomic E-state index is 4.22. The first-order chi connectivity index (χ1) is 19.5. The molecule has 0 aliphatic rings. The summed E-state index contributed by atoms with van der Waals surface area (Å²) in [5.74, 6) is 1.10. The van der Waals surface area contributed by atoms with Crippen LogP contribution in [-0.4, -0.2) is 0 Å². The van der Waals surface area contributed by atoms with E-state index in [1.807, 2.05) is 0 Å². The molecule has 0 heteroatoms. The Hall–Kier alpha value is -3.64. The van der Waals surface area contributed by atoms with Crippen LogP contribution >= 0.6 is 0 Å². The first-order valence-electron chi connectivity index (χ1n) is 15.1. The standard InChI is InChI=1S/C22H28.C18H20/c1-3-4-7-16-22(21-14-10-6-11-15-21)18-19(2)17-20-12-8-5-9-13-20;1-15(14-17-9-5-3-6-10-17)13-16(2)18-11-7-4-8-12-18/h5-6,8-15,18,22H,3-4,7,16-17H2,1-2H3;3-12,16H,1,13-14H2,2H3. The summed E-state index contributed by atoms with van der Waals surface area (Å²) in [5, 5.41) is 0. The van der Waals surface area contributed by atoms with E-state index in [1.54, 1.807) is 0 Å². The monoisotopic (exact) mass is 528 g/mol. The van der Waals surface area contributed by atoms with Crippen LogP contribution < -0.4 is 0 Å². The molecule has 0 amide bonds. The van der Waals surface area contributed by atoms with Gasteiger partial charge >= 0.3 is 0 Å². The quantitative estimate of drug-likeness (QED) is 0.120. The van der Waals surface area contributed by atoms with E-state index in [2.05, 4.69) is 155 Å². The minimum Gasteiger partial charge on any atom is -0.0995 e. The molecular weight excluding hydrogens is 480 g/mol. The smallest absolute Gasteiger partial charge is 0.00206 e. The minimum atomic E-state index is 0.544. The Bertz CT molecular complexity index is 1240. The summed E-state index contributed by atoms with van der Waals surface area (Å²) in [6, 6.07) is 42.9. The van der Waals surface area contributed by atoms with Crippen molar-refractivity contribution in [3.05, 3.63) is 167 Å². The summed E-state index contributed by atoms with van der Waals surface area (Å²) in [5.41, 5.74) is 8.37. The summed E-state index contributed by atoms with van der Waals surface area (Å²) < 4.78 is 0. The van der Waals surface area contributed by atoms with Gasteiger partial charge in [0.05, 0.1) is 0 Å². The van der Waals surface area contributed by atoms with Crippen LogP contribution in [0.1, 0.15) is 87.0 Å². The van der Waals surface area contributed by atoms with Crippen LogP contribution in [0.5, 0.6) is 0 Å². The summed E-state index contributed by atoms with van der Waals surface area (Å²) in [7, 11) is 0. The van der Waals surface area contributed by atoms with Gasteiger partial charge in [-0.3, -0.25) is 0 Å². The third-order valence-corrected chi connectivity index (χ3v) is 7.42. The van der Waals surface area contributed by atoms with E-state index in [9.17, 15) is 0 Å². The summed E-state index contributed by atoms with van der Waals surface area (Å²) >= 11 is 0. The number of benzene rings is 4. The lowest BCUT2D eigenvalue weighted by atomic mass is 9.90. The predicted octanol–water partition coefficient (Wildman–Crippen LogP) is 11.5. The van der Waals surface area contributed by atoms with Gasteiger partial charge in [0, 0.05) is 5.92 Å². The van der Waals surface area contributed by atoms with Gasteiger partial charge in [0.1, 0.15) is 0 Å². The van der Waals surface area contributed by atoms with E-state index in [1.165, 1.54) is 59.1 Å². The number of unbranched alkanes of at least 4 members (excludes halogenated alkanes) is 2. The Morgan fingerprint density at radius 2 is 1.12 bits per heavy atom. The van der Waals surface area contributed by atoms with Crippen molar-refractivity contribution in [1.82, 2.24) is 0 Å². The van der Waals surface area contributed by atoms with E-state index >= 15 is 0 Å². The van der Waals surface area contributed by atoms with Crippen LogP contribution in [0.25, 0.3) is 0 Å². The van der Waals surface area contributed by atoms with Crippen LogP contribution in [0.4, 0.5) is 0 Å². The van der Waals surface area contributed by atoms with Gasteiger partial charge < -0.3 is 0 Å². The SMILES string of the molecule is C=C(Cc1ccccc1)CC(C)c1ccccc1.CCCCCC(C=C(C)Cc1ccccc1)c1ccccc1. The van der Waals surface area contributed by atoms with E-state index < -0.39 is 0 Å². The maximum atomic E-state index is 4.22. The molecule has 2 atom stereocenters. The molecule has 0 bridgehead atoms. The Morgan fingerprint density at radius 1 is 0.650 bits per heavy atom. The molecule has 4 rings (SSSR count). The van der Waals surface area contributed by atoms with Crippen molar-refractivity contribution in [1.29, 1.82) is 0 Å². The topological polar surface area (TPSA) is 0 Å². The lowest BCUT2D eigenvalue weighted by Gasteiger charge is -2.15. The minimum absolute atomic E-state index is 0.544. The molecule has 0 fully saturated rings. The first-order valence-corrected chi connectivity index (χ1v) is 15.1. The fourth-order valence-corrected chi connectivity index (χ4v) is 5.27. The van der Waals surface area contributed by atoms with Crippen molar-refractivity contribution < 1.29 is 0 Å². The van der Waals surface area contributed by atoms with Crippen molar-refractivity contribution in [2.75, 3.05) is 0 Å². The highest BCUT2D eigenvalue weighted by Gasteiger charge is 2.09. The van der Waals surface area contributed by atoms with Crippen LogP contribution in [0.15, 0.2) is 145 Å². The van der Waals surface area contributed by atoms with Crippen LogP contribution in [0.3, 0.4) is 0 Å². The van der Waals surface area contributed by atoms with Gasteiger partial charge in [-0.25, -0.2) is 0 Å². The molecule has 4 aromatic carbocycles. The molecule has 0 radical (unpaired) electrons. The molecule has 0 saturated heterocycles. The van der Waals surface area contributed by atoms with Crippen molar-refractivity contribution in [2.24, 2.45) is 0 Å². The average molecular weight is 529 g/mol. The van der Waals surface area contributed by atoms with Crippen LogP contribution in [0.2, 0.25) is 0 Å². The summed E-state index contributed by atoms with van der Waals surface area (Å²) in [6.45, 7) is 11.0. The fourth-order valence-electron chi connectivity index (χ4n) is 5.27. The van der Waals surface area contributed by atoms with Crippen molar-refractivity contribution in [3.63, 3.8) is 0 Å². The van der Waals surface area contributed by atoms with E-state index in [0.29, 0.717) is 11.8 Å².